The maximum atomic E-state index is 11.8. The van der Waals surface area contributed by atoms with Gasteiger partial charge in [0, 0.05) is 104 Å². The highest BCUT2D eigenvalue weighted by Crippen LogP contribution is 2.29. The molecule has 0 saturated heterocycles. The van der Waals surface area contributed by atoms with Crippen molar-refractivity contribution in [2.24, 2.45) is 43.3 Å². The largest absolute Gasteiger partial charge is 0.395 e. The van der Waals surface area contributed by atoms with Crippen LogP contribution in [-0.2, 0) is 83.7 Å². The van der Waals surface area contributed by atoms with E-state index in [2.05, 4.69) is 201 Å². The number of hydrogen-bond acceptors (Lipinski definition) is 19. The standard InChI is InChI=1S/C11H18O.C10H16O.C10H18O.C9H17NO2.C9H17NO.C8H11ClN2.C8H17NO2S.C8H15NO.C7H15NO2S.C7H13NO.C7H12O.C6H13NO2S.C6H12O2S.CH4/c1-11(2,3)10(12)9-7-5-4-6-8-9;1-10(2,3)9(11)8-6-4-5-7-8;1-5-6-7-8-9(11)10(2,3)4;1-5-8(12)10(6-7-11)9(2,3)4;1-5-8(11)10-7-6-9(2,3)4;1-8(2,3)6-4-5-10-7(9)11-6;1-5-12(10,11)9-7-6-8(2,3)4;1-5-7(10)9-6-8(2,3)4;1-5-11(9,10)8-6-7(2,3)4;1-5-6(9)8-7(2,3)4;1-5-6(8)7(2,3)4;1-5-10(8,9)7-6(2,3)4;1-5-9(7,8)6(2,3)4;/h7H,4-6,8H2,1-3H3;6H,4-5,7H2,1-3H3;7-8H,5-6H2,1-4H3;5,11H,1,6-7H2,2-4H3;5H,1,6-7H2,2-4H3,(H,10,11);4-5H,1-3H3;5,9H,1,6-7H2,2-4H3;5H,1,6H2,2-4H3,(H,9,10);5,8H,1,6H2,2-4H3;5H,1H2,2-4H3,(H,8,9);5H,1H2,2-4H3;5,7H,1H2,2-4H3;5H,1H2,2-4H3;1H4/b;;8-7+;;;;;;;;;;;. The summed E-state index contributed by atoms with van der Waals surface area (Å²) in [5.41, 5.74) is 2.03. The Hall–Kier alpha value is -7.55. The van der Waals surface area contributed by atoms with Crippen LogP contribution in [0.1, 0.15) is 361 Å². The van der Waals surface area contributed by atoms with E-state index in [0.29, 0.717) is 43.0 Å². The average Bonchev–Trinajstić information content (AvgIpc) is 1.37. The molecule has 31 heteroatoms. The molecule has 2 aliphatic rings. The van der Waals surface area contributed by atoms with E-state index in [9.17, 15) is 72.0 Å². The van der Waals surface area contributed by atoms with Crippen molar-refractivity contribution >= 4 is 98.3 Å². The van der Waals surface area contributed by atoms with Gasteiger partial charge in [0.15, 0.2) is 33.0 Å². The lowest BCUT2D eigenvalue weighted by molar-refractivity contribution is -0.131. The molecule has 138 heavy (non-hydrogen) atoms. The van der Waals surface area contributed by atoms with Crippen molar-refractivity contribution in [3.63, 3.8) is 0 Å². The number of aliphatic hydroxyl groups excluding tert-OH is 1. The molecule has 0 aromatic carbocycles. The van der Waals surface area contributed by atoms with Crippen LogP contribution >= 0.6 is 11.6 Å². The predicted molar refractivity (Wildman–Crippen MR) is 588 cm³/mol. The maximum absolute atomic E-state index is 11.8. The summed E-state index contributed by atoms with van der Waals surface area (Å²) in [5.74, 6) is 0.517. The number of aliphatic hydroxyl groups is 1. The van der Waals surface area contributed by atoms with E-state index in [1.807, 2.05) is 158 Å². The third kappa shape index (κ3) is 101. The first kappa shape index (κ1) is 153. The van der Waals surface area contributed by atoms with Crippen LogP contribution in [0.3, 0.4) is 0 Å². The molecule has 3 rings (SSSR count). The van der Waals surface area contributed by atoms with Gasteiger partial charge in [-0.15, -0.1) is 0 Å². The number of Topliss-reactive ketones (excluding diaryl/α,β-unsaturated/α-hetero) is 2. The zero-order chi connectivity index (χ0) is 111. The number of aromatic nitrogens is 2. The van der Waals surface area contributed by atoms with Crippen molar-refractivity contribution in [2.45, 2.75) is 382 Å². The van der Waals surface area contributed by atoms with Crippen LogP contribution in [0.25, 0.3) is 0 Å². The third-order valence-corrected chi connectivity index (χ3v) is 22.5. The first-order valence-electron chi connectivity index (χ1n) is 46.3. The number of carbonyl (C=O) groups excluding carboxylic acids is 8. The van der Waals surface area contributed by atoms with E-state index in [4.69, 9.17) is 16.7 Å². The van der Waals surface area contributed by atoms with Gasteiger partial charge in [-0.2, -0.15) is 0 Å². The number of sulfonamides is 3. The molecule has 0 saturated carbocycles. The van der Waals surface area contributed by atoms with Gasteiger partial charge in [0.1, 0.15) is 0 Å². The van der Waals surface area contributed by atoms with Crippen LogP contribution in [-0.4, -0.2) is 161 Å². The molecule has 0 fully saturated rings. The Morgan fingerprint density at radius 2 is 0.848 bits per heavy atom. The Labute approximate surface area is 849 Å². The molecular weight excluding hydrogens is 1850 g/mol. The number of ketones is 4. The highest BCUT2D eigenvalue weighted by Gasteiger charge is 2.29. The summed E-state index contributed by atoms with van der Waals surface area (Å²) in [7, 11) is -12.8. The lowest BCUT2D eigenvalue weighted by Gasteiger charge is -2.34. The minimum atomic E-state index is -3.26. The summed E-state index contributed by atoms with van der Waals surface area (Å²) >= 11 is 5.63. The molecule has 26 nitrogen and oxygen atoms in total. The molecule has 2 aliphatic carbocycles. The zero-order valence-corrected chi connectivity index (χ0v) is 96.9. The van der Waals surface area contributed by atoms with Gasteiger partial charge in [-0.3, -0.25) is 38.4 Å². The van der Waals surface area contributed by atoms with Gasteiger partial charge in [0.05, 0.1) is 17.0 Å². The highest BCUT2D eigenvalue weighted by molar-refractivity contribution is 7.95. The Kier molecular flexibility index (Phi) is 78.8. The van der Waals surface area contributed by atoms with Crippen LogP contribution in [0.4, 0.5) is 0 Å². The van der Waals surface area contributed by atoms with Crippen molar-refractivity contribution in [3.8, 4) is 0 Å². The van der Waals surface area contributed by atoms with Gasteiger partial charge in [0.2, 0.25) is 59.0 Å². The van der Waals surface area contributed by atoms with Crippen LogP contribution in [0, 0.1) is 43.3 Å². The lowest BCUT2D eigenvalue weighted by atomic mass is 9.82. The van der Waals surface area contributed by atoms with Crippen molar-refractivity contribution in [3.05, 3.63) is 170 Å². The summed E-state index contributed by atoms with van der Waals surface area (Å²) < 4.78 is 93.2. The second-order valence-corrected chi connectivity index (χ2v) is 54.1. The SMILES string of the molecule is C.C=CC(=O)C(C)(C)C.C=CC(=O)N(CCO)C(C)(C)C.C=CC(=O)NC(C)(C)C.C=CC(=O)NCC(C)(C)C.C=CC(=O)NCCC(C)(C)C.C=CS(=O)(=O)C(C)(C)C.C=CS(=O)(=O)NC(C)(C)C.C=CS(=O)(=O)NCC(C)(C)C.C=CS(=O)(=O)NCCC(C)(C)C.CC(C)(C)C(=O)C1=CCCC1.CC(C)(C)C(=O)C1=CCCCC1.CC(C)(C)c1ccnc(Cl)n1.CCC/C=C/C(=O)C(C)(C)C. The molecule has 0 atom stereocenters. The van der Waals surface area contributed by atoms with E-state index >= 15 is 0 Å². The number of rotatable bonds is 25. The highest BCUT2D eigenvalue weighted by atomic mass is 35.5. The van der Waals surface area contributed by atoms with E-state index in [1.54, 1.807) is 58.7 Å². The number of halogens is 1. The van der Waals surface area contributed by atoms with Gasteiger partial charge in [-0.1, -0.05) is 285 Å². The normalized spacial score (nSPS) is 12.9. The van der Waals surface area contributed by atoms with Gasteiger partial charge in [-0.25, -0.2) is 57.8 Å². The first-order chi connectivity index (χ1) is 60.9. The fraction of sp³-hybridized carbons (Fsp3) is 0.664. The second kappa shape index (κ2) is 71.0. The van der Waals surface area contributed by atoms with Gasteiger partial charge in [0.25, 0.3) is 0 Å². The molecule has 0 unspecified atom stereocenters. The molecule has 0 spiro atoms. The van der Waals surface area contributed by atoms with Gasteiger partial charge >= 0.3 is 0 Å². The third-order valence-electron chi connectivity index (χ3n) is 16.8. The quantitative estimate of drug-likeness (QED) is 0.0353. The number of unbranched alkanes of at least 4 members (excludes halogenated alkanes) is 1. The van der Waals surface area contributed by atoms with E-state index in [0.717, 1.165) is 103 Å². The fourth-order valence-corrected chi connectivity index (χ4v) is 11.6. The number of allylic oxidation sites excluding steroid dienone is 7. The number of nitrogens with one attached hydrogen (secondary N) is 6. The average molecular weight is 2050 g/mol. The minimum Gasteiger partial charge on any atom is -0.395 e. The Morgan fingerprint density at radius 1 is 0.457 bits per heavy atom. The monoisotopic (exact) mass is 2040 g/mol. The predicted octanol–water partition coefficient (Wildman–Crippen LogP) is 23.3. The van der Waals surface area contributed by atoms with Crippen molar-refractivity contribution in [2.75, 3.05) is 39.3 Å². The molecule has 0 aliphatic heterocycles. The van der Waals surface area contributed by atoms with Crippen LogP contribution in [0.5, 0.6) is 0 Å². The van der Waals surface area contributed by atoms with Crippen molar-refractivity contribution < 1.29 is 77.1 Å². The minimum absolute atomic E-state index is 0. The summed E-state index contributed by atoms with van der Waals surface area (Å²) in [6, 6.07) is 1.88. The van der Waals surface area contributed by atoms with E-state index in [-0.39, 0.29) is 109 Å². The maximum Gasteiger partial charge on any atom is 0.246 e. The van der Waals surface area contributed by atoms with E-state index < -0.39 is 50.2 Å². The second-order valence-electron chi connectivity index (χ2n) is 46.1. The molecule has 0 radical (unpaired) electrons. The molecule has 0 bridgehead atoms. The van der Waals surface area contributed by atoms with Crippen molar-refractivity contribution in [1.29, 1.82) is 0 Å². The summed E-state index contributed by atoms with van der Waals surface area (Å²) in [6.07, 6.45) is 27.7. The van der Waals surface area contributed by atoms with Crippen LogP contribution in [0.15, 0.2) is 159 Å². The molecular formula is C107H198ClN9O17S4. The molecule has 1 heterocycles. The Bertz CT molecular complexity index is 4430. The molecule has 7 N–H and O–H groups in total. The van der Waals surface area contributed by atoms with Gasteiger partial charge < -0.3 is 26.0 Å². The summed E-state index contributed by atoms with van der Waals surface area (Å²) in [5, 5.41) is 20.9. The number of β-amino-alcohol motifs (C(OH)–C–C–N with tert-alkyl or cyclic N) is 1. The molecule has 4 amide bonds. The lowest BCUT2D eigenvalue weighted by Crippen LogP contribution is -2.46. The number of hydrogen-bond donors (Lipinski definition) is 7. The smallest absolute Gasteiger partial charge is 0.246 e. The van der Waals surface area contributed by atoms with Crippen LogP contribution in [0.2, 0.25) is 5.28 Å². The zero-order valence-electron chi connectivity index (χ0n) is 92.9. The topological polar surface area (TPSA) is 395 Å². The van der Waals surface area contributed by atoms with E-state index in [1.165, 1.54) is 43.2 Å². The first-order valence-corrected chi connectivity index (χ1v) is 52.9. The molecule has 1 aromatic heterocycles. The number of carbonyl (C=O) groups is 8. The fourth-order valence-electron chi connectivity index (χ4n) is 8.74. The summed E-state index contributed by atoms with van der Waals surface area (Å²) in [4.78, 5) is 97.9. The number of amides is 4. The van der Waals surface area contributed by atoms with Crippen molar-refractivity contribution in [1.82, 2.24) is 45.0 Å². The summed E-state index contributed by atoms with van der Waals surface area (Å²) in [6.45, 7) is 110. The number of sulfone groups is 1. The van der Waals surface area contributed by atoms with Gasteiger partial charge in [-0.05, 0) is 234 Å². The van der Waals surface area contributed by atoms with Crippen LogP contribution < -0.4 is 30.1 Å². The molecule has 804 valence electrons. The Balaban J connectivity index is -0.000000141. The molecule has 1 aromatic rings. The Morgan fingerprint density at radius 3 is 1.09 bits per heavy atom. The number of nitrogens with zero attached hydrogens (tertiary/aromatic N) is 3.